The predicted octanol–water partition coefficient (Wildman–Crippen LogP) is 5.59. The van der Waals surface area contributed by atoms with E-state index < -0.39 is 0 Å². The third kappa shape index (κ3) is 3.47. The molecule has 0 atom stereocenters. The monoisotopic (exact) mass is 367 g/mol. The van der Waals surface area contributed by atoms with E-state index in [9.17, 15) is 5.26 Å². The third-order valence-electron chi connectivity index (χ3n) is 4.72. The maximum atomic E-state index is 9.80. The standard InChI is InChI=1S/C24H21N3O/c1-2-13-28-24-12-11-19-7-3-4-8-20(19)21(24)14-18(15-25)16-27-17-26-22-9-5-6-10-23(22)27/h3-12,14,17H,2,13,16H2,1H3/b18-14+. The molecule has 0 saturated heterocycles. The lowest BCUT2D eigenvalue weighted by Crippen LogP contribution is -2.00. The molecule has 0 aliphatic rings. The highest BCUT2D eigenvalue weighted by molar-refractivity contribution is 5.93. The van der Waals surface area contributed by atoms with Gasteiger partial charge >= 0.3 is 0 Å². The summed E-state index contributed by atoms with van der Waals surface area (Å²) < 4.78 is 7.97. The highest BCUT2D eigenvalue weighted by atomic mass is 16.5. The van der Waals surface area contributed by atoms with Gasteiger partial charge in [-0.15, -0.1) is 0 Å². The molecule has 0 unspecified atom stereocenters. The number of ether oxygens (including phenoxy) is 1. The van der Waals surface area contributed by atoms with Gasteiger partial charge in [-0.1, -0.05) is 49.4 Å². The first-order valence-electron chi connectivity index (χ1n) is 9.45. The molecule has 1 aromatic heterocycles. The Hall–Kier alpha value is -3.58. The Morgan fingerprint density at radius 1 is 1.11 bits per heavy atom. The van der Waals surface area contributed by atoms with Crippen molar-refractivity contribution in [1.82, 2.24) is 9.55 Å². The fourth-order valence-corrected chi connectivity index (χ4v) is 3.37. The average molecular weight is 367 g/mol. The number of benzene rings is 3. The van der Waals surface area contributed by atoms with E-state index in [1.165, 1.54) is 0 Å². The Bertz CT molecular complexity index is 1200. The van der Waals surface area contributed by atoms with Gasteiger partial charge in [-0.05, 0) is 41.5 Å². The van der Waals surface area contributed by atoms with Crippen LogP contribution in [0.2, 0.25) is 0 Å². The van der Waals surface area contributed by atoms with Crippen LogP contribution in [0.4, 0.5) is 0 Å². The van der Waals surface area contributed by atoms with Crippen LogP contribution in [0.3, 0.4) is 0 Å². The van der Waals surface area contributed by atoms with Crippen LogP contribution in [0.25, 0.3) is 27.9 Å². The maximum Gasteiger partial charge on any atom is 0.127 e. The molecule has 0 fully saturated rings. The molecule has 0 aliphatic heterocycles. The van der Waals surface area contributed by atoms with E-state index >= 15 is 0 Å². The van der Waals surface area contributed by atoms with Gasteiger partial charge in [0.1, 0.15) is 5.75 Å². The lowest BCUT2D eigenvalue weighted by atomic mass is 10.0. The van der Waals surface area contributed by atoms with Crippen molar-refractivity contribution in [3.05, 3.63) is 78.1 Å². The summed E-state index contributed by atoms with van der Waals surface area (Å²) in [5.74, 6) is 0.809. The van der Waals surface area contributed by atoms with Crippen molar-refractivity contribution in [2.24, 2.45) is 0 Å². The number of hydrogen-bond donors (Lipinski definition) is 0. The smallest absolute Gasteiger partial charge is 0.127 e. The van der Waals surface area contributed by atoms with E-state index in [0.717, 1.165) is 39.5 Å². The van der Waals surface area contributed by atoms with Gasteiger partial charge in [0.25, 0.3) is 0 Å². The second kappa shape index (κ2) is 7.98. The second-order valence-electron chi connectivity index (χ2n) is 6.69. The molecule has 4 aromatic rings. The summed E-state index contributed by atoms with van der Waals surface area (Å²) in [6.45, 7) is 3.20. The van der Waals surface area contributed by atoms with Gasteiger partial charge in [0.2, 0.25) is 0 Å². The van der Waals surface area contributed by atoms with Crippen LogP contribution in [0, 0.1) is 11.3 Å². The van der Waals surface area contributed by atoms with E-state index in [4.69, 9.17) is 4.74 Å². The molecule has 28 heavy (non-hydrogen) atoms. The van der Waals surface area contributed by atoms with E-state index in [1.807, 2.05) is 53.1 Å². The van der Waals surface area contributed by atoms with Gasteiger partial charge in [-0.25, -0.2) is 4.98 Å². The van der Waals surface area contributed by atoms with Crippen LogP contribution in [0.1, 0.15) is 18.9 Å². The number of nitrogens with zero attached hydrogens (tertiary/aromatic N) is 3. The van der Waals surface area contributed by atoms with Crippen LogP contribution in [-0.2, 0) is 6.54 Å². The Morgan fingerprint density at radius 3 is 2.79 bits per heavy atom. The maximum absolute atomic E-state index is 9.80. The Kier molecular flexibility index (Phi) is 5.07. The van der Waals surface area contributed by atoms with Crippen molar-refractivity contribution < 1.29 is 4.74 Å². The summed E-state index contributed by atoms with van der Waals surface area (Å²) >= 11 is 0. The normalized spacial score (nSPS) is 11.6. The van der Waals surface area contributed by atoms with Crippen molar-refractivity contribution in [2.45, 2.75) is 19.9 Å². The van der Waals surface area contributed by atoms with Gasteiger partial charge in [-0.3, -0.25) is 0 Å². The third-order valence-corrected chi connectivity index (χ3v) is 4.72. The molecule has 0 spiro atoms. The van der Waals surface area contributed by atoms with Crippen LogP contribution in [0.5, 0.6) is 5.75 Å². The molecule has 3 aromatic carbocycles. The molecule has 0 amide bonds. The molecular weight excluding hydrogens is 346 g/mol. The van der Waals surface area contributed by atoms with E-state index in [-0.39, 0.29) is 0 Å². The zero-order valence-electron chi connectivity index (χ0n) is 15.8. The van der Waals surface area contributed by atoms with Crippen LogP contribution in [-0.4, -0.2) is 16.2 Å². The summed E-state index contributed by atoms with van der Waals surface area (Å²) in [4.78, 5) is 4.42. The van der Waals surface area contributed by atoms with Crippen molar-refractivity contribution in [1.29, 1.82) is 5.26 Å². The van der Waals surface area contributed by atoms with Crippen LogP contribution < -0.4 is 4.74 Å². The Balaban J connectivity index is 1.79. The number of hydrogen-bond acceptors (Lipinski definition) is 3. The number of rotatable bonds is 6. The molecule has 0 aliphatic carbocycles. The minimum absolute atomic E-state index is 0.466. The zero-order chi connectivity index (χ0) is 19.3. The average Bonchev–Trinajstić information content (AvgIpc) is 3.15. The van der Waals surface area contributed by atoms with Crippen molar-refractivity contribution in [3.63, 3.8) is 0 Å². The molecule has 0 radical (unpaired) electrons. The van der Waals surface area contributed by atoms with Gasteiger partial charge in [0.05, 0.1) is 42.2 Å². The van der Waals surface area contributed by atoms with E-state index in [0.29, 0.717) is 18.7 Å². The van der Waals surface area contributed by atoms with Crippen molar-refractivity contribution in [3.8, 4) is 11.8 Å². The Labute approximate surface area is 164 Å². The molecule has 0 N–H and O–H groups in total. The zero-order valence-corrected chi connectivity index (χ0v) is 15.8. The van der Waals surface area contributed by atoms with Crippen LogP contribution in [0.15, 0.2) is 72.6 Å². The largest absolute Gasteiger partial charge is 0.493 e. The molecule has 4 nitrogen and oxygen atoms in total. The van der Waals surface area contributed by atoms with Crippen molar-refractivity contribution >= 4 is 27.9 Å². The molecule has 138 valence electrons. The molecule has 0 saturated carbocycles. The molecule has 0 bridgehead atoms. The number of nitriles is 1. The van der Waals surface area contributed by atoms with Gasteiger partial charge < -0.3 is 9.30 Å². The first-order valence-corrected chi connectivity index (χ1v) is 9.45. The second-order valence-corrected chi connectivity index (χ2v) is 6.69. The van der Waals surface area contributed by atoms with Crippen molar-refractivity contribution in [2.75, 3.05) is 6.61 Å². The fourth-order valence-electron chi connectivity index (χ4n) is 3.37. The SMILES string of the molecule is CCCOc1ccc2ccccc2c1/C=C(\C#N)Cn1cnc2ccccc21. The van der Waals surface area contributed by atoms with E-state index in [2.05, 4.69) is 36.2 Å². The highest BCUT2D eigenvalue weighted by Gasteiger charge is 2.10. The Morgan fingerprint density at radius 2 is 1.93 bits per heavy atom. The minimum atomic E-state index is 0.466. The van der Waals surface area contributed by atoms with E-state index in [1.54, 1.807) is 6.33 Å². The minimum Gasteiger partial charge on any atom is -0.493 e. The fraction of sp³-hybridized carbons (Fsp3) is 0.167. The van der Waals surface area contributed by atoms with Gasteiger partial charge in [-0.2, -0.15) is 5.26 Å². The number of aromatic nitrogens is 2. The first kappa shape index (κ1) is 17.8. The number of imidazole rings is 1. The number of fused-ring (bicyclic) bond motifs is 2. The molecular formula is C24H21N3O. The lowest BCUT2D eigenvalue weighted by molar-refractivity contribution is 0.317. The molecule has 1 heterocycles. The number of para-hydroxylation sites is 2. The molecule has 4 heteroatoms. The quantitative estimate of drug-likeness (QED) is 0.418. The lowest BCUT2D eigenvalue weighted by Gasteiger charge is -2.12. The van der Waals surface area contributed by atoms with Gasteiger partial charge in [0, 0.05) is 5.56 Å². The first-order chi connectivity index (χ1) is 13.8. The number of allylic oxidation sites excluding steroid dienone is 1. The molecule has 4 rings (SSSR count). The summed E-state index contributed by atoms with van der Waals surface area (Å²) in [6, 6.07) is 22.5. The predicted molar refractivity (Wildman–Crippen MR) is 113 cm³/mol. The topological polar surface area (TPSA) is 50.8 Å². The van der Waals surface area contributed by atoms with Crippen LogP contribution >= 0.6 is 0 Å². The summed E-state index contributed by atoms with van der Waals surface area (Å²) in [7, 11) is 0. The summed E-state index contributed by atoms with van der Waals surface area (Å²) in [5.41, 5.74) is 3.55. The summed E-state index contributed by atoms with van der Waals surface area (Å²) in [6.07, 6.45) is 4.66. The van der Waals surface area contributed by atoms with Gasteiger partial charge in [0.15, 0.2) is 0 Å². The summed E-state index contributed by atoms with van der Waals surface area (Å²) in [5, 5.41) is 12.0. The highest BCUT2D eigenvalue weighted by Crippen LogP contribution is 2.31.